The summed E-state index contributed by atoms with van der Waals surface area (Å²) in [4.78, 5) is 15.2. The minimum Gasteiger partial charge on any atom is -0.353 e. The van der Waals surface area contributed by atoms with Crippen molar-refractivity contribution in [3.8, 4) is 0 Å². The molecule has 0 unspecified atom stereocenters. The highest BCUT2D eigenvalue weighted by atomic mass is 16.2. The molecular formula is C21H24N2O. The molecule has 0 N–H and O–H groups in total. The predicted molar refractivity (Wildman–Crippen MR) is 99.0 cm³/mol. The number of aromatic nitrogens is 1. The summed E-state index contributed by atoms with van der Waals surface area (Å²) < 4.78 is 2.08. The first kappa shape index (κ1) is 16.3. The van der Waals surface area contributed by atoms with Crippen LogP contribution in [-0.2, 0) is 13.6 Å². The highest BCUT2D eigenvalue weighted by Crippen LogP contribution is 2.21. The normalized spacial score (nSPS) is 10.9. The van der Waals surface area contributed by atoms with Gasteiger partial charge in [0.1, 0.15) is 0 Å². The molecule has 3 rings (SSSR count). The molecule has 0 atom stereocenters. The Labute approximate surface area is 143 Å². The second-order valence-corrected chi connectivity index (χ2v) is 6.22. The molecule has 24 heavy (non-hydrogen) atoms. The monoisotopic (exact) mass is 320 g/mol. The van der Waals surface area contributed by atoms with Gasteiger partial charge in [-0.15, -0.1) is 0 Å². The lowest BCUT2D eigenvalue weighted by molar-refractivity contribution is 0.0739. The zero-order chi connectivity index (χ0) is 16.9. The van der Waals surface area contributed by atoms with Crippen molar-refractivity contribution < 1.29 is 4.79 Å². The number of amides is 1. The van der Waals surface area contributed by atoms with E-state index >= 15 is 0 Å². The van der Waals surface area contributed by atoms with E-state index in [0.29, 0.717) is 6.54 Å². The fourth-order valence-corrected chi connectivity index (χ4v) is 3.04. The third-order valence-electron chi connectivity index (χ3n) is 4.49. The molecule has 124 valence electrons. The predicted octanol–water partition coefficient (Wildman–Crippen LogP) is 4.62. The summed E-state index contributed by atoms with van der Waals surface area (Å²) in [6, 6.07) is 18.2. The summed E-state index contributed by atoms with van der Waals surface area (Å²) >= 11 is 0. The van der Waals surface area contributed by atoms with Gasteiger partial charge in [0.05, 0.1) is 6.54 Å². The van der Waals surface area contributed by atoms with Gasteiger partial charge >= 0.3 is 0 Å². The molecule has 0 saturated heterocycles. The Morgan fingerprint density at radius 2 is 1.83 bits per heavy atom. The maximum atomic E-state index is 13.2. The largest absolute Gasteiger partial charge is 0.353 e. The van der Waals surface area contributed by atoms with Crippen LogP contribution in [-0.4, -0.2) is 21.9 Å². The average molecular weight is 320 g/mol. The first-order valence-electron chi connectivity index (χ1n) is 8.58. The SMILES string of the molecule is CCCCN(Cc1cccn1C)C(=O)c1cccc2ccccc12. The molecule has 0 aliphatic rings. The van der Waals surface area contributed by atoms with E-state index in [4.69, 9.17) is 0 Å². The van der Waals surface area contributed by atoms with Gasteiger partial charge in [-0.3, -0.25) is 4.79 Å². The molecule has 0 spiro atoms. The van der Waals surface area contributed by atoms with Gasteiger partial charge < -0.3 is 9.47 Å². The van der Waals surface area contributed by atoms with Crippen molar-refractivity contribution in [2.75, 3.05) is 6.54 Å². The third kappa shape index (κ3) is 3.35. The minimum absolute atomic E-state index is 0.112. The van der Waals surface area contributed by atoms with E-state index < -0.39 is 0 Å². The third-order valence-corrected chi connectivity index (χ3v) is 4.49. The number of benzene rings is 2. The molecule has 2 aromatic carbocycles. The highest BCUT2D eigenvalue weighted by Gasteiger charge is 2.18. The molecule has 0 aliphatic carbocycles. The summed E-state index contributed by atoms with van der Waals surface area (Å²) in [6.07, 6.45) is 4.11. The Morgan fingerprint density at radius 3 is 2.58 bits per heavy atom. The van der Waals surface area contributed by atoms with Crippen LogP contribution in [0.5, 0.6) is 0 Å². The number of nitrogens with zero attached hydrogens (tertiary/aromatic N) is 2. The van der Waals surface area contributed by atoms with Crippen molar-refractivity contribution in [2.24, 2.45) is 7.05 Å². The van der Waals surface area contributed by atoms with Crippen molar-refractivity contribution in [3.63, 3.8) is 0 Å². The van der Waals surface area contributed by atoms with E-state index in [1.54, 1.807) is 0 Å². The first-order chi connectivity index (χ1) is 11.7. The van der Waals surface area contributed by atoms with Crippen molar-refractivity contribution in [2.45, 2.75) is 26.3 Å². The number of hydrogen-bond acceptors (Lipinski definition) is 1. The lowest BCUT2D eigenvalue weighted by atomic mass is 10.0. The second kappa shape index (κ2) is 7.35. The van der Waals surface area contributed by atoms with Gasteiger partial charge in [-0.25, -0.2) is 0 Å². The molecule has 1 amide bonds. The van der Waals surface area contributed by atoms with Crippen LogP contribution in [0.3, 0.4) is 0 Å². The highest BCUT2D eigenvalue weighted by molar-refractivity contribution is 6.06. The summed E-state index contributed by atoms with van der Waals surface area (Å²) in [5.74, 6) is 0.112. The lowest BCUT2D eigenvalue weighted by Crippen LogP contribution is -2.32. The number of carbonyl (C=O) groups is 1. The smallest absolute Gasteiger partial charge is 0.254 e. The maximum Gasteiger partial charge on any atom is 0.254 e. The van der Waals surface area contributed by atoms with Crippen LogP contribution in [0.2, 0.25) is 0 Å². The van der Waals surface area contributed by atoms with Crippen molar-refractivity contribution in [3.05, 3.63) is 72.1 Å². The summed E-state index contributed by atoms with van der Waals surface area (Å²) in [7, 11) is 2.02. The second-order valence-electron chi connectivity index (χ2n) is 6.22. The van der Waals surface area contributed by atoms with Crippen molar-refractivity contribution in [1.82, 2.24) is 9.47 Å². The molecular weight excluding hydrogens is 296 g/mol. The van der Waals surface area contributed by atoms with Crippen molar-refractivity contribution in [1.29, 1.82) is 0 Å². The lowest BCUT2D eigenvalue weighted by Gasteiger charge is -2.24. The van der Waals surface area contributed by atoms with Crippen LogP contribution in [0.25, 0.3) is 10.8 Å². The van der Waals surface area contributed by atoms with Gasteiger partial charge in [0.15, 0.2) is 0 Å². The van der Waals surface area contributed by atoms with Crippen LogP contribution >= 0.6 is 0 Å². The van der Waals surface area contributed by atoms with Crippen LogP contribution in [0.1, 0.15) is 35.8 Å². The van der Waals surface area contributed by atoms with Crippen LogP contribution in [0.4, 0.5) is 0 Å². The van der Waals surface area contributed by atoms with E-state index in [1.165, 1.54) is 0 Å². The van der Waals surface area contributed by atoms with Gasteiger partial charge in [0, 0.05) is 31.0 Å². The summed E-state index contributed by atoms with van der Waals surface area (Å²) in [6.45, 7) is 3.58. The molecule has 0 fully saturated rings. The number of carbonyl (C=O) groups excluding carboxylic acids is 1. The molecule has 1 aromatic heterocycles. The van der Waals surface area contributed by atoms with Crippen molar-refractivity contribution >= 4 is 16.7 Å². The summed E-state index contributed by atoms with van der Waals surface area (Å²) in [5, 5.41) is 2.14. The zero-order valence-corrected chi connectivity index (χ0v) is 14.4. The molecule has 3 heteroatoms. The summed E-state index contributed by atoms with van der Waals surface area (Å²) in [5.41, 5.74) is 1.94. The van der Waals surface area contributed by atoms with E-state index in [1.807, 2.05) is 54.5 Å². The van der Waals surface area contributed by atoms with Gasteiger partial charge in [-0.1, -0.05) is 49.7 Å². The first-order valence-corrected chi connectivity index (χ1v) is 8.58. The Bertz CT molecular complexity index is 829. The number of fused-ring (bicyclic) bond motifs is 1. The van der Waals surface area contributed by atoms with Gasteiger partial charge in [-0.2, -0.15) is 0 Å². The Hall–Kier alpha value is -2.55. The van der Waals surface area contributed by atoms with Crippen LogP contribution in [0.15, 0.2) is 60.8 Å². The van der Waals surface area contributed by atoms with Gasteiger partial charge in [0.2, 0.25) is 0 Å². The van der Waals surface area contributed by atoms with E-state index in [-0.39, 0.29) is 5.91 Å². The standard InChI is InChI=1S/C21H24N2O/c1-3-4-15-23(16-18-11-8-14-22(18)2)21(24)20-13-7-10-17-9-5-6-12-19(17)20/h5-14H,3-4,15-16H2,1-2H3. The number of unbranched alkanes of at least 4 members (excludes halogenated alkanes) is 1. The molecule has 3 aromatic rings. The fraction of sp³-hybridized carbons (Fsp3) is 0.286. The molecule has 3 nitrogen and oxygen atoms in total. The molecule has 0 saturated carbocycles. The quantitative estimate of drug-likeness (QED) is 0.650. The number of rotatable bonds is 6. The molecule has 0 aliphatic heterocycles. The minimum atomic E-state index is 0.112. The molecule has 0 bridgehead atoms. The van der Waals surface area contributed by atoms with Gasteiger partial charge in [0.25, 0.3) is 5.91 Å². The zero-order valence-electron chi connectivity index (χ0n) is 14.4. The van der Waals surface area contributed by atoms with Gasteiger partial charge in [-0.05, 0) is 35.4 Å². The van der Waals surface area contributed by atoms with Crippen LogP contribution in [0, 0.1) is 0 Å². The fourth-order valence-electron chi connectivity index (χ4n) is 3.04. The van der Waals surface area contributed by atoms with E-state index in [0.717, 1.165) is 41.4 Å². The molecule has 1 heterocycles. The van der Waals surface area contributed by atoms with E-state index in [9.17, 15) is 4.79 Å². The Balaban J connectivity index is 1.94. The number of hydrogen-bond donors (Lipinski definition) is 0. The maximum absolute atomic E-state index is 13.2. The Morgan fingerprint density at radius 1 is 1.04 bits per heavy atom. The van der Waals surface area contributed by atoms with Crippen LogP contribution < -0.4 is 0 Å². The Kier molecular flexibility index (Phi) is 4.99. The number of aryl methyl sites for hydroxylation is 1. The molecule has 0 radical (unpaired) electrons. The topological polar surface area (TPSA) is 25.2 Å². The van der Waals surface area contributed by atoms with E-state index in [2.05, 4.69) is 29.7 Å². The average Bonchev–Trinajstić information content (AvgIpc) is 3.02.